The van der Waals surface area contributed by atoms with E-state index in [1.54, 1.807) is 6.92 Å². The molecule has 0 aliphatic rings. The molecule has 0 rings (SSSR count). The predicted octanol–water partition coefficient (Wildman–Crippen LogP) is 4.94. The lowest BCUT2D eigenvalue weighted by atomic mass is 10.0. The largest absolute Gasteiger partial charge is 0.451 e. The smallest absolute Gasteiger partial charge is 0.333 e. The third-order valence-electron chi connectivity index (χ3n) is 3.95. The molecule has 1 unspecified atom stereocenters. The van der Waals surface area contributed by atoms with Crippen molar-refractivity contribution < 1.29 is 19.1 Å². The van der Waals surface area contributed by atoms with Gasteiger partial charge in [0.15, 0.2) is 11.9 Å². The second-order valence-electron chi connectivity index (χ2n) is 6.64. The minimum absolute atomic E-state index is 0.175. The summed E-state index contributed by atoms with van der Waals surface area (Å²) in [5.74, 6) is -1.08. The minimum atomic E-state index is -0.817. The second kappa shape index (κ2) is 13.9. The molecule has 24 heavy (non-hydrogen) atoms. The monoisotopic (exact) mass is 338 g/mol. The Bertz CT molecular complexity index is 412. The van der Waals surface area contributed by atoms with E-state index < -0.39 is 12.1 Å². The van der Waals surface area contributed by atoms with Crippen LogP contribution in [0.25, 0.3) is 0 Å². The summed E-state index contributed by atoms with van der Waals surface area (Å²) in [6.45, 7) is 8.66. The quantitative estimate of drug-likeness (QED) is 0.184. The van der Waals surface area contributed by atoms with Gasteiger partial charge in [-0.1, -0.05) is 64.9 Å². The number of ether oxygens (including phenoxy) is 1. The first-order chi connectivity index (χ1) is 11.4. The van der Waals surface area contributed by atoms with Gasteiger partial charge in [0.2, 0.25) is 0 Å². The summed E-state index contributed by atoms with van der Waals surface area (Å²) in [5, 5.41) is 0. The Morgan fingerprint density at radius 2 is 1.38 bits per heavy atom. The van der Waals surface area contributed by atoms with Gasteiger partial charge < -0.3 is 4.74 Å². The van der Waals surface area contributed by atoms with Crippen molar-refractivity contribution in [3.05, 3.63) is 12.2 Å². The highest BCUT2D eigenvalue weighted by atomic mass is 16.5. The van der Waals surface area contributed by atoms with Crippen molar-refractivity contribution in [2.24, 2.45) is 0 Å². The molecule has 0 bridgehead atoms. The molecule has 0 heterocycles. The predicted molar refractivity (Wildman–Crippen MR) is 96.8 cm³/mol. The van der Waals surface area contributed by atoms with Gasteiger partial charge in [0, 0.05) is 5.57 Å². The number of esters is 1. The van der Waals surface area contributed by atoms with Gasteiger partial charge in [-0.25, -0.2) is 4.79 Å². The van der Waals surface area contributed by atoms with Crippen molar-refractivity contribution >= 4 is 17.5 Å². The van der Waals surface area contributed by atoms with Crippen LogP contribution >= 0.6 is 0 Å². The summed E-state index contributed by atoms with van der Waals surface area (Å²) in [6, 6.07) is 0. The third kappa shape index (κ3) is 12.0. The maximum absolute atomic E-state index is 12.1. The van der Waals surface area contributed by atoms with E-state index in [4.69, 9.17) is 4.74 Å². The fourth-order valence-corrected chi connectivity index (χ4v) is 2.52. The van der Waals surface area contributed by atoms with Crippen molar-refractivity contribution in [1.82, 2.24) is 0 Å². The van der Waals surface area contributed by atoms with E-state index in [9.17, 15) is 14.4 Å². The highest BCUT2D eigenvalue weighted by Gasteiger charge is 2.23. The molecule has 138 valence electrons. The average molecular weight is 338 g/mol. The van der Waals surface area contributed by atoms with Crippen LogP contribution in [-0.4, -0.2) is 23.6 Å². The fraction of sp³-hybridized carbons (Fsp3) is 0.750. The lowest BCUT2D eigenvalue weighted by Gasteiger charge is -2.16. The molecular formula is C20H34O4. The zero-order chi connectivity index (χ0) is 18.4. The van der Waals surface area contributed by atoms with E-state index in [0.717, 1.165) is 19.3 Å². The van der Waals surface area contributed by atoms with E-state index in [1.165, 1.54) is 45.4 Å². The van der Waals surface area contributed by atoms with Gasteiger partial charge in [-0.2, -0.15) is 0 Å². The number of carbonyl (C=O) groups excluding carboxylic acids is 3. The van der Waals surface area contributed by atoms with Gasteiger partial charge in [-0.3, -0.25) is 9.59 Å². The standard InChI is InChI=1S/C20H34O4/c1-5-6-7-8-9-10-11-12-13-14-19(18(22)15-17(4)21)24-20(23)16(2)3/h19H,2,5-15H2,1,3-4H3. The van der Waals surface area contributed by atoms with E-state index in [2.05, 4.69) is 13.5 Å². The maximum Gasteiger partial charge on any atom is 0.333 e. The Hall–Kier alpha value is -1.45. The highest BCUT2D eigenvalue weighted by molar-refractivity contribution is 6.01. The molecule has 0 aliphatic heterocycles. The van der Waals surface area contributed by atoms with Crippen molar-refractivity contribution in [1.29, 1.82) is 0 Å². The SMILES string of the molecule is C=C(C)C(=O)OC(CCCCCCCCCCC)C(=O)CC(C)=O. The third-order valence-corrected chi connectivity index (χ3v) is 3.95. The molecule has 0 N–H and O–H groups in total. The Kier molecular flexibility index (Phi) is 13.1. The maximum atomic E-state index is 12.1. The number of Topliss-reactive ketones (excluding diaryl/α,β-unsaturated/α-hetero) is 2. The first kappa shape index (κ1) is 22.6. The van der Waals surface area contributed by atoms with E-state index in [0.29, 0.717) is 6.42 Å². The fourth-order valence-electron chi connectivity index (χ4n) is 2.52. The Balaban J connectivity index is 4.08. The number of rotatable bonds is 15. The average Bonchev–Trinajstić information content (AvgIpc) is 2.51. The van der Waals surface area contributed by atoms with Crippen molar-refractivity contribution in [3.63, 3.8) is 0 Å². The zero-order valence-electron chi connectivity index (χ0n) is 15.7. The number of unbranched alkanes of at least 4 members (excludes halogenated alkanes) is 8. The van der Waals surface area contributed by atoms with Gasteiger partial charge in [0.1, 0.15) is 5.78 Å². The molecule has 1 atom stereocenters. The molecule has 0 aromatic heterocycles. The van der Waals surface area contributed by atoms with Crippen LogP contribution in [0.2, 0.25) is 0 Å². The van der Waals surface area contributed by atoms with Gasteiger partial charge in [0.25, 0.3) is 0 Å². The van der Waals surface area contributed by atoms with Crippen molar-refractivity contribution in [3.8, 4) is 0 Å². The van der Waals surface area contributed by atoms with Crippen LogP contribution in [0.3, 0.4) is 0 Å². The van der Waals surface area contributed by atoms with Gasteiger partial charge >= 0.3 is 5.97 Å². The van der Waals surface area contributed by atoms with Crippen LogP contribution in [0.4, 0.5) is 0 Å². The number of hydrogen-bond donors (Lipinski definition) is 0. The van der Waals surface area contributed by atoms with Gasteiger partial charge in [-0.15, -0.1) is 0 Å². The molecule has 0 amide bonds. The summed E-state index contributed by atoms with van der Waals surface area (Å²) in [6.07, 6.45) is 10.1. The van der Waals surface area contributed by atoms with E-state index in [-0.39, 0.29) is 23.6 Å². The first-order valence-corrected chi connectivity index (χ1v) is 9.27. The summed E-state index contributed by atoms with van der Waals surface area (Å²) in [4.78, 5) is 34.8. The Morgan fingerprint density at radius 3 is 1.83 bits per heavy atom. The lowest BCUT2D eigenvalue weighted by molar-refractivity contribution is -0.152. The molecule has 0 aliphatic carbocycles. The van der Waals surface area contributed by atoms with Crippen LogP contribution in [0.1, 0.15) is 91.4 Å². The van der Waals surface area contributed by atoms with Crippen molar-refractivity contribution in [2.75, 3.05) is 0 Å². The van der Waals surface area contributed by atoms with Gasteiger partial charge in [0.05, 0.1) is 6.42 Å². The summed E-state index contributed by atoms with van der Waals surface area (Å²) in [5.41, 5.74) is 0.266. The molecular weight excluding hydrogens is 304 g/mol. The topological polar surface area (TPSA) is 60.4 Å². The van der Waals surface area contributed by atoms with Crippen LogP contribution in [0.15, 0.2) is 12.2 Å². The molecule has 0 aromatic carbocycles. The molecule has 0 saturated heterocycles. The molecule has 0 aromatic rings. The molecule has 4 heteroatoms. The summed E-state index contributed by atoms with van der Waals surface area (Å²) < 4.78 is 5.21. The minimum Gasteiger partial charge on any atom is -0.451 e. The second-order valence-corrected chi connectivity index (χ2v) is 6.64. The van der Waals surface area contributed by atoms with Crippen LogP contribution in [-0.2, 0) is 19.1 Å². The number of ketones is 2. The van der Waals surface area contributed by atoms with E-state index >= 15 is 0 Å². The zero-order valence-corrected chi connectivity index (χ0v) is 15.7. The highest BCUT2D eigenvalue weighted by Crippen LogP contribution is 2.14. The number of carbonyl (C=O) groups is 3. The molecule has 0 saturated carbocycles. The Morgan fingerprint density at radius 1 is 0.875 bits per heavy atom. The van der Waals surface area contributed by atoms with Crippen LogP contribution in [0, 0.1) is 0 Å². The van der Waals surface area contributed by atoms with E-state index in [1.807, 2.05) is 0 Å². The Labute approximate surface area is 147 Å². The van der Waals surface area contributed by atoms with Crippen molar-refractivity contribution in [2.45, 2.75) is 97.5 Å². The number of hydrogen-bond acceptors (Lipinski definition) is 4. The lowest BCUT2D eigenvalue weighted by Crippen LogP contribution is -2.29. The van der Waals surface area contributed by atoms with Gasteiger partial charge in [-0.05, 0) is 26.7 Å². The normalized spacial score (nSPS) is 11.8. The van der Waals surface area contributed by atoms with Crippen LogP contribution in [0.5, 0.6) is 0 Å². The molecule has 0 spiro atoms. The molecule has 4 nitrogen and oxygen atoms in total. The summed E-state index contributed by atoms with van der Waals surface area (Å²) >= 11 is 0. The summed E-state index contributed by atoms with van der Waals surface area (Å²) in [7, 11) is 0. The van der Waals surface area contributed by atoms with Crippen LogP contribution < -0.4 is 0 Å². The molecule has 0 radical (unpaired) electrons. The molecule has 0 fully saturated rings. The first-order valence-electron chi connectivity index (χ1n) is 9.27.